The number of hydrogen-bond donors (Lipinski definition) is 2. The van der Waals surface area contributed by atoms with E-state index in [0.717, 1.165) is 30.8 Å². The van der Waals surface area contributed by atoms with Crippen molar-refractivity contribution in [3.63, 3.8) is 0 Å². The van der Waals surface area contributed by atoms with E-state index in [2.05, 4.69) is 10.4 Å². The highest BCUT2D eigenvalue weighted by Crippen LogP contribution is 2.29. The summed E-state index contributed by atoms with van der Waals surface area (Å²) in [5, 5.41) is 7.60. The van der Waals surface area contributed by atoms with Crippen LogP contribution in [0.4, 0.5) is 5.82 Å². The molecule has 6 nitrogen and oxygen atoms in total. The van der Waals surface area contributed by atoms with E-state index in [4.69, 9.17) is 5.73 Å². The Morgan fingerprint density at radius 1 is 1.47 bits per heavy atom. The Morgan fingerprint density at radius 3 is 3.00 bits per heavy atom. The number of hydrogen-bond acceptors (Lipinski definition) is 5. The second kappa shape index (κ2) is 3.71. The molecule has 3 heterocycles. The molecule has 1 aromatic heterocycles. The molecule has 1 saturated heterocycles. The van der Waals surface area contributed by atoms with Gasteiger partial charge in [-0.2, -0.15) is 5.10 Å². The van der Waals surface area contributed by atoms with Gasteiger partial charge in [0.1, 0.15) is 5.82 Å². The first kappa shape index (κ1) is 11.0. The van der Waals surface area contributed by atoms with Crippen molar-refractivity contribution in [2.45, 2.75) is 25.4 Å². The largest absolute Gasteiger partial charge is 0.382 e. The predicted octanol–water partition coefficient (Wildman–Crippen LogP) is -0.529. The minimum Gasteiger partial charge on any atom is -0.382 e. The summed E-state index contributed by atoms with van der Waals surface area (Å²) in [6, 6.07) is -0.0362. The summed E-state index contributed by atoms with van der Waals surface area (Å²) < 4.78 is 24.8. The van der Waals surface area contributed by atoms with Crippen LogP contribution in [-0.2, 0) is 22.8 Å². The summed E-state index contributed by atoms with van der Waals surface area (Å²) in [5.74, 6) is 1.02. The molecule has 3 N–H and O–H groups in total. The van der Waals surface area contributed by atoms with Gasteiger partial charge in [0.05, 0.1) is 23.2 Å². The lowest BCUT2D eigenvalue weighted by Crippen LogP contribution is -2.27. The van der Waals surface area contributed by atoms with Crippen LogP contribution in [0.25, 0.3) is 0 Å². The fourth-order valence-corrected chi connectivity index (χ4v) is 4.37. The molecule has 1 atom stereocenters. The third-order valence-electron chi connectivity index (χ3n) is 3.55. The molecule has 0 radical (unpaired) electrons. The van der Waals surface area contributed by atoms with Gasteiger partial charge in [-0.15, -0.1) is 0 Å². The first-order valence-corrected chi connectivity index (χ1v) is 7.66. The monoisotopic (exact) mass is 256 g/mol. The van der Waals surface area contributed by atoms with E-state index in [1.54, 1.807) is 0 Å². The Morgan fingerprint density at radius 2 is 2.29 bits per heavy atom. The number of rotatable bonds is 1. The van der Waals surface area contributed by atoms with Gasteiger partial charge in [-0.3, -0.25) is 4.68 Å². The van der Waals surface area contributed by atoms with Crippen molar-refractivity contribution >= 4 is 15.7 Å². The molecular weight excluding hydrogens is 240 g/mol. The third-order valence-corrected chi connectivity index (χ3v) is 5.30. The van der Waals surface area contributed by atoms with Crippen molar-refractivity contribution in [3.05, 3.63) is 11.3 Å². The van der Waals surface area contributed by atoms with Gasteiger partial charge in [-0.25, -0.2) is 8.42 Å². The van der Waals surface area contributed by atoms with Gasteiger partial charge in [0, 0.05) is 12.1 Å². The van der Waals surface area contributed by atoms with Gasteiger partial charge in [0.2, 0.25) is 0 Å². The average Bonchev–Trinajstić information content (AvgIpc) is 2.81. The fourth-order valence-electron chi connectivity index (χ4n) is 2.67. The van der Waals surface area contributed by atoms with Crippen molar-refractivity contribution < 1.29 is 8.42 Å². The van der Waals surface area contributed by atoms with Gasteiger partial charge < -0.3 is 11.1 Å². The van der Waals surface area contributed by atoms with Crippen molar-refractivity contribution in [1.82, 2.24) is 15.1 Å². The topological polar surface area (TPSA) is 90.0 Å². The van der Waals surface area contributed by atoms with E-state index in [1.165, 1.54) is 0 Å². The zero-order chi connectivity index (χ0) is 12.0. The standard InChI is InChI=1S/C10H16N4O2S/c11-10-8-1-3-12-5-9(8)14(13-10)7-2-4-17(15,16)6-7/h7,12H,1-6H2,(H2,11,13). The zero-order valence-corrected chi connectivity index (χ0v) is 10.3. The molecular formula is C10H16N4O2S. The van der Waals surface area contributed by atoms with Crippen LogP contribution < -0.4 is 11.1 Å². The highest BCUT2D eigenvalue weighted by Gasteiger charge is 2.32. The quantitative estimate of drug-likeness (QED) is 0.705. The van der Waals surface area contributed by atoms with Crippen molar-refractivity contribution in [3.8, 4) is 0 Å². The second-order valence-electron chi connectivity index (χ2n) is 4.74. The first-order valence-electron chi connectivity index (χ1n) is 5.84. The fraction of sp³-hybridized carbons (Fsp3) is 0.700. The summed E-state index contributed by atoms with van der Waals surface area (Å²) >= 11 is 0. The third kappa shape index (κ3) is 1.83. The summed E-state index contributed by atoms with van der Waals surface area (Å²) in [6.45, 7) is 1.64. The molecule has 0 bridgehead atoms. The molecule has 0 saturated carbocycles. The maximum absolute atomic E-state index is 11.5. The minimum atomic E-state index is -2.88. The van der Waals surface area contributed by atoms with Crippen LogP contribution in [0.5, 0.6) is 0 Å². The van der Waals surface area contributed by atoms with E-state index in [1.807, 2.05) is 4.68 Å². The lowest BCUT2D eigenvalue weighted by atomic mass is 10.1. The van der Waals surface area contributed by atoms with Crippen LogP contribution in [0, 0.1) is 0 Å². The van der Waals surface area contributed by atoms with Crippen LogP contribution >= 0.6 is 0 Å². The van der Waals surface area contributed by atoms with Crippen LogP contribution in [0.15, 0.2) is 0 Å². The predicted molar refractivity (Wildman–Crippen MR) is 64.4 cm³/mol. The molecule has 1 unspecified atom stereocenters. The number of nitrogens with two attached hydrogens (primary N) is 1. The Bertz CT molecular complexity index is 549. The molecule has 3 rings (SSSR count). The molecule has 0 spiro atoms. The Kier molecular flexibility index (Phi) is 2.41. The Balaban J connectivity index is 1.99. The Labute approximate surface area is 100 Å². The van der Waals surface area contributed by atoms with Crippen LogP contribution in [-0.4, -0.2) is 36.2 Å². The average molecular weight is 256 g/mol. The van der Waals surface area contributed by atoms with Crippen molar-refractivity contribution in [2.24, 2.45) is 0 Å². The highest BCUT2D eigenvalue weighted by molar-refractivity contribution is 7.91. The summed E-state index contributed by atoms with van der Waals surface area (Å²) in [7, 11) is -2.88. The van der Waals surface area contributed by atoms with Gasteiger partial charge >= 0.3 is 0 Å². The number of nitrogens with zero attached hydrogens (tertiary/aromatic N) is 2. The minimum absolute atomic E-state index is 0.0362. The van der Waals surface area contributed by atoms with Crippen LogP contribution in [0.3, 0.4) is 0 Å². The number of aromatic nitrogens is 2. The van der Waals surface area contributed by atoms with E-state index in [-0.39, 0.29) is 17.5 Å². The molecule has 2 aliphatic heterocycles. The molecule has 0 aliphatic carbocycles. The summed E-state index contributed by atoms with van der Waals surface area (Å²) in [5.41, 5.74) is 8.04. The molecule has 0 amide bonds. The van der Waals surface area contributed by atoms with Gasteiger partial charge in [-0.1, -0.05) is 0 Å². The zero-order valence-electron chi connectivity index (χ0n) is 9.52. The van der Waals surface area contributed by atoms with Crippen molar-refractivity contribution in [2.75, 3.05) is 23.8 Å². The van der Waals surface area contributed by atoms with Gasteiger partial charge in [-0.05, 0) is 19.4 Å². The van der Waals surface area contributed by atoms with Gasteiger partial charge in [0.25, 0.3) is 0 Å². The number of sulfone groups is 1. The van der Waals surface area contributed by atoms with E-state index in [9.17, 15) is 8.42 Å². The van der Waals surface area contributed by atoms with E-state index >= 15 is 0 Å². The molecule has 1 aromatic rings. The van der Waals surface area contributed by atoms with Crippen molar-refractivity contribution in [1.29, 1.82) is 0 Å². The van der Waals surface area contributed by atoms with E-state index < -0.39 is 9.84 Å². The number of anilines is 1. The maximum atomic E-state index is 11.5. The molecule has 17 heavy (non-hydrogen) atoms. The number of nitrogen functional groups attached to an aromatic ring is 1. The second-order valence-corrected chi connectivity index (χ2v) is 6.97. The van der Waals surface area contributed by atoms with E-state index in [0.29, 0.717) is 12.2 Å². The lowest BCUT2D eigenvalue weighted by molar-refractivity contribution is 0.464. The van der Waals surface area contributed by atoms with Gasteiger partial charge in [0.15, 0.2) is 9.84 Å². The highest BCUT2D eigenvalue weighted by atomic mass is 32.2. The first-order chi connectivity index (χ1) is 8.07. The molecule has 1 fully saturated rings. The molecule has 94 valence electrons. The van der Waals surface area contributed by atoms with Crippen LogP contribution in [0.1, 0.15) is 23.7 Å². The summed E-state index contributed by atoms with van der Waals surface area (Å²) in [4.78, 5) is 0. The normalized spacial score (nSPS) is 26.9. The van der Waals surface area contributed by atoms with Crippen LogP contribution in [0.2, 0.25) is 0 Å². The molecule has 2 aliphatic rings. The maximum Gasteiger partial charge on any atom is 0.152 e. The number of fused-ring (bicyclic) bond motifs is 1. The lowest BCUT2D eigenvalue weighted by Gasteiger charge is -2.18. The SMILES string of the molecule is Nc1nn(C2CCS(=O)(=O)C2)c2c1CCNC2. The molecule has 0 aromatic carbocycles. The Hall–Kier alpha value is -1.08. The smallest absolute Gasteiger partial charge is 0.152 e. The summed E-state index contributed by atoms with van der Waals surface area (Å²) in [6.07, 6.45) is 1.52. The number of nitrogens with one attached hydrogen (secondary N) is 1. The molecule has 7 heteroatoms.